The molecule has 4 nitrogen and oxygen atoms in total. The van der Waals surface area contributed by atoms with Gasteiger partial charge in [-0.1, -0.05) is 19.9 Å². The molecule has 0 aliphatic carbocycles. The van der Waals surface area contributed by atoms with Crippen molar-refractivity contribution in [3.05, 3.63) is 12.7 Å². The molecule has 0 rings (SSSR count). The van der Waals surface area contributed by atoms with Crippen LogP contribution in [0.2, 0.25) is 0 Å². The van der Waals surface area contributed by atoms with Gasteiger partial charge in [0, 0.05) is 13.0 Å². The van der Waals surface area contributed by atoms with E-state index >= 15 is 0 Å². The predicted octanol–water partition coefficient (Wildman–Crippen LogP) is 1.57. The lowest BCUT2D eigenvalue weighted by molar-refractivity contribution is -0.139. The highest BCUT2D eigenvalue weighted by atomic mass is 16.4. The summed E-state index contributed by atoms with van der Waals surface area (Å²) in [7, 11) is 0. The second-order valence-corrected chi connectivity index (χ2v) is 4.34. The molecule has 0 spiro atoms. The fourth-order valence-corrected chi connectivity index (χ4v) is 1.28. The van der Waals surface area contributed by atoms with Crippen LogP contribution in [0, 0.1) is 5.41 Å². The smallest absolute Gasteiger partial charge is 0.303 e. The summed E-state index contributed by atoms with van der Waals surface area (Å²) in [6.45, 7) is 7.65. The number of amides is 1. The van der Waals surface area contributed by atoms with Crippen LogP contribution in [-0.4, -0.2) is 23.5 Å². The van der Waals surface area contributed by atoms with Gasteiger partial charge in [-0.25, -0.2) is 0 Å². The topological polar surface area (TPSA) is 66.4 Å². The van der Waals surface area contributed by atoms with E-state index < -0.39 is 11.4 Å². The minimum absolute atomic E-state index is 0.00186. The lowest BCUT2D eigenvalue weighted by Gasteiger charge is -2.21. The summed E-state index contributed by atoms with van der Waals surface area (Å²) in [5.74, 6) is -0.984. The molecule has 2 N–H and O–H groups in total. The Morgan fingerprint density at radius 2 is 2.00 bits per heavy atom. The largest absolute Gasteiger partial charge is 0.481 e. The Hall–Kier alpha value is -1.32. The van der Waals surface area contributed by atoms with Crippen LogP contribution in [0.1, 0.15) is 33.1 Å². The van der Waals surface area contributed by atoms with E-state index in [1.165, 1.54) is 0 Å². The fourth-order valence-electron chi connectivity index (χ4n) is 1.28. The molecule has 0 aliphatic heterocycles. The third-order valence-corrected chi connectivity index (χ3v) is 1.94. The van der Waals surface area contributed by atoms with Crippen LogP contribution in [-0.2, 0) is 9.59 Å². The van der Waals surface area contributed by atoms with Gasteiger partial charge in [-0.2, -0.15) is 0 Å². The quantitative estimate of drug-likeness (QED) is 0.498. The van der Waals surface area contributed by atoms with Gasteiger partial charge in [-0.15, -0.1) is 6.58 Å². The maximum absolute atomic E-state index is 11.4. The number of carbonyl (C=O) groups excluding carboxylic acids is 1. The number of rotatable bonds is 7. The average Bonchev–Trinajstić information content (AvgIpc) is 2.00. The highest BCUT2D eigenvalue weighted by Crippen LogP contribution is 2.24. The monoisotopic (exact) mass is 213 g/mol. The Kier molecular flexibility index (Phi) is 5.67. The maximum Gasteiger partial charge on any atom is 0.303 e. The first-order valence-electron chi connectivity index (χ1n) is 4.97. The van der Waals surface area contributed by atoms with Gasteiger partial charge >= 0.3 is 5.97 Å². The van der Waals surface area contributed by atoms with Gasteiger partial charge in [0.1, 0.15) is 0 Å². The van der Waals surface area contributed by atoms with Gasteiger partial charge in [0.2, 0.25) is 5.91 Å². The molecule has 0 aliphatic rings. The Labute approximate surface area is 90.4 Å². The SMILES string of the molecule is C=CCCNC(=O)CC(C)(C)CC(=O)O. The van der Waals surface area contributed by atoms with Crippen molar-refractivity contribution in [1.29, 1.82) is 0 Å². The van der Waals surface area contributed by atoms with Crippen LogP contribution in [0.25, 0.3) is 0 Å². The molecular weight excluding hydrogens is 194 g/mol. The van der Waals surface area contributed by atoms with Crippen molar-refractivity contribution < 1.29 is 14.7 Å². The lowest BCUT2D eigenvalue weighted by atomic mass is 9.85. The Bertz CT molecular complexity index is 246. The summed E-state index contributed by atoms with van der Waals surface area (Å²) in [5.41, 5.74) is -0.496. The summed E-state index contributed by atoms with van der Waals surface area (Å²) in [6.07, 6.45) is 2.69. The number of hydrogen-bond acceptors (Lipinski definition) is 2. The first-order chi connectivity index (χ1) is 6.87. The zero-order chi connectivity index (χ0) is 11.9. The molecule has 86 valence electrons. The highest BCUT2D eigenvalue weighted by Gasteiger charge is 2.24. The average molecular weight is 213 g/mol. The van der Waals surface area contributed by atoms with E-state index in [-0.39, 0.29) is 18.7 Å². The van der Waals surface area contributed by atoms with Crippen molar-refractivity contribution >= 4 is 11.9 Å². The van der Waals surface area contributed by atoms with Crippen molar-refractivity contribution in [2.75, 3.05) is 6.54 Å². The van der Waals surface area contributed by atoms with Gasteiger partial charge in [0.25, 0.3) is 0 Å². The molecule has 0 heterocycles. The molecule has 0 saturated heterocycles. The minimum Gasteiger partial charge on any atom is -0.481 e. The highest BCUT2D eigenvalue weighted by molar-refractivity contribution is 5.77. The van der Waals surface area contributed by atoms with Crippen molar-refractivity contribution in [1.82, 2.24) is 5.32 Å². The molecule has 0 radical (unpaired) electrons. The van der Waals surface area contributed by atoms with Gasteiger partial charge in [-0.05, 0) is 11.8 Å². The molecule has 0 atom stereocenters. The Balaban J connectivity index is 3.92. The number of nitrogens with one attached hydrogen (secondary N) is 1. The van der Waals surface area contributed by atoms with E-state index in [2.05, 4.69) is 11.9 Å². The zero-order valence-corrected chi connectivity index (χ0v) is 9.38. The van der Waals surface area contributed by atoms with Crippen molar-refractivity contribution in [2.24, 2.45) is 5.41 Å². The second-order valence-electron chi connectivity index (χ2n) is 4.34. The molecule has 0 unspecified atom stereocenters. The van der Waals surface area contributed by atoms with Crippen LogP contribution in [0.15, 0.2) is 12.7 Å². The number of carboxylic acids is 1. The predicted molar refractivity (Wildman–Crippen MR) is 58.5 cm³/mol. The van der Waals surface area contributed by atoms with Crippen LogP contribution in [0.4, 0.5) is 0 Å². The molecular formula is C11H19NO3. The Morgan fingerprint density at radius 3 is 2.47 bits per heavy atom. The van der Waals surface area contributed by atoms with Crippen LogP contribution in [0.5, 0.6) is 0 Å². The van der Waals surface area contributed by atoms with Crippen LogP contribution < -0.4 is 5.32 Å². The molecule has 0 aromatic carbocycles. The number of hydrogen-bond donors (Lipinski definition) is 2. The zero-order valence-electron chi connectivity index (χ0n) is 9.38. The van der Waals surface area contributed by atoms with Crippen molar-refractivity contribution in [2.45, 2.75) is 33.1 Å². The number of carbonyl (C=O) groups is 2. The van der Waals surface area contributed by atoms with E-state index in [9.17, 15) is 9.59 Å². The molecule has 0 bridgehead atoms. The van der Waals surface area contributed by atoms with E-state index in [0.29, 0.717) is 6.54 Å². The van der Waals surface area contributed by atoms with E-state index in [1.807, 2.05) is 0 Å². The summed E-state index contributed by atoms with van der Waals surface area (Å²) in [4.78, 5) is 21.9. The van der Waals surface area contributed by atoms with E-state index in [1.54, 1.807) is 19.9 Å². The standard InChI is InChI=1S/C11H19NO3/c1-4-5-6-12-9(13)7-11(2,3)8-10(14)15/h4H,1,5-8H2,2-3H3,(H,12,13)(H,14,15). The molecule has 1 amide bonds. The molecule has 0 aromatic rings. The molecule has 0 fully saturated rings. The third kappa shape index (κ3) is 7.73. The summed E-state index contributed by atoms with van der Waals surface area (Å²) < 4.78 is 0. The second kappa shape index (κ2) is 6.22. The summed E-state index contributed by atoms with van der Waals surface area (Å²) in [6, 6.07) is 0. The number of carboxylic acid groups (broad SMARTS) is 1. The third-order valence-electron chi connectivity index (χ3n) is 1.94. The summed E-state index contributed by atoms with van der Waals surface area (Å²) in [5, 5.41) is 11.3. The van der Waals surface area contributed by atoms with Gasteiger partial charge < -0.3 is 10.4 Å². The molecule has 4 heteroatoms. The van der Waals surface area contributed by atoms with Crippen LogP contribution in [0.3, 0.4) is 0 Å². The molecule has 15 heavy (non-hydrogen) atoms. The summed E-state index contributed by atoms with van der Waals surface area (Å²) >= 11 is 0. The molecule has 0 saturated carbocycles. The van der Waals surface area contributed by atoms with E-state index in [0.717, 1.165) is 6.42 Å². The fraction of sp³-hybridized carbons (Fsp3) is 0.636. The molecule has 0 aromatic heterocycles. The maximum atomic E-state index is 11.4. The normalized spacial score (nSPS) is 10.8. The van der Waals surface area contributed by atoms with E-state index in [4.69, 9.17) is 5.11 Å². The first kappa shape index (κ1) is 13.7. The van der Waals surface area contributed by atoms with Gasteiger partial charge in [0.05, 0.1) is 6.42 Å². The van der Waals surface area contributed by atoms with Gasteiger partial charge in [0.15, 0.2) is 0 Å². The van der Waals surface area contributed by atoms with Gasteiger partial charge in [-0.3, -0.25) is 9.59 Å². The number of aliphatic carboxylic acids is 1. The van der Waals surface area contributed by atoms with Crippen LogP contribution >= 0.6 is 0 Å². The lowest BCUT2D eigenvalue weighted by Crippen LogP contribution is -2.30. The van der Waals surface area contributed by atoms with Crippen molar-refractivity contribution in [3.8, 4) is 0 Å². The first-order valence-corrected chi connectivity index (χ1v) is 4.97. The Morgan fingerprint density at radius 1 is 1.40 bits per heavy atom. The van der Waals surface area contributed by atoms with Crippen molar-refractivity contribution in [3.63, 3.8) is 0 Å². The minimum atomic E-state index is -0.876.